The zero-order chi connectivity index (χ0) is 19.6. The number of hydrogen-bond acceptors (Lipinski definition) is 5. The SMILES string of the molecule is CS(=O)(=O)c1ccc(-c2ccc([N+](=O)[O-])cc2C(=O)c2ccccc2)cc1. The Morgan fingerprint density at radius 3 is 2.11 bits per heavy atom. The van der Waals surface area contributed by atoms with Crippen LogP contribution in [0.15, 0.2) is 77.7 Å². The number of hydrogen-bond donors (Lipinski definition) is 0. The molecular weight excluding hydrogens is 366 g/mol. The molecule has 27 heavy (non-hydrogen) atoms. The van der Waals surface area contributed by atoms with Crippen molar-refractivity contribution >= 4 is 21.3 Å². The molecule has 0 spiro atoms. The molecule has 0 bridgehead atoms. The second kappa shape index (κ2) is 7.13. The van der Waals surface area contributed by atoms with E-state index in [0.29, 0.717) is 16.7 Å². The number of benzene rings is 3. The van der Waals surface area contributed by atoms with E-state index < -0.39 is 14.8 Å². The highest BCUT2D eigenvalue weighted by Gasteiger charge is 2.19. The molecule has 0 aliphatic carbocycles. The van der Waals surface area contributed by atoms with Crippen LogP contribution >= 0.6 is 0 Å². The first-order valence-corrected chi connectivity index (χ1v) is 9.85. The van der Waals surface area contributed by atoms with E-state index in [4.69, 9.17) is 0 Å². The molecule has 0 amide bonds. The topological polar surface area (TPSA) is 94.3 Å². The van der Waals surface area contributed by atoms with Crippen molar-refractivity contribution in [1.82, 2.24) is 0 Å². The predicted octanol–water partition coefficient (Wildman–Crippen LogP) is 3.90. The molecule has 0 aliphatic heterocycles. The summed E-state index contributed by atoms with van der Waals surface area (Å²) in [5.74, 6) is -0.346. The van der Waals surface area contributed by atoms with E-state index in [0.717, 1.165) is 6.26 Å². The normalized spacial score (nSPS) is 11.1. The van der Waals surface area contributed by atoms with Crippen molar-refractivity contribution in [3.63, 3.8) is 0 Å². The number of nitro benzene ring substituents is 1. The average Bonchev–Trinajstić information content (AvgIpc) is 2.67. The van der Waals surface area contributed by atoms with Crippen LogP contribution in [0.25, 0.3) is 11.1 Å². The summed E-state index contributed by atoms with van der Waals surface area (Å²) in [5, 5.41) is 11.1. The van der Waals surface area contributed by atoms with Gasteiger partial charge in [-0.1, -0.05) is 42.5 Å². The standard InChI is InChI=1S/C20H15NO5S/c1-27(25,26)17-10-7-14(8-11-17)18-12-9-16(21(23)24)13-19(18)20(22)15-5-3-2-4-6-15/h2-13H,1H3. The van der Waals surface area contributed by atoms with Crippen molar-refractivity contribution in [3.05, 3.63) is 94.0 Å². The third kappa shape index (κ3) is 3.93. The van der Waals surface area contributed by atoms with E-state index in [1.165, 1.54) is 30.3 Å². The third-order valence-electron chi connectivity index (χ3n) is 4.09. The van der Waals surface area contributed by atoms with Gasteiger partial charge in [-0.15, -0.1) is 0 Å². The average molecular weight is 381 g/mol. The Hall–Kier alpha value is -3.32. The molecule has 136 valence electrons. The lowest BCUT2D eigenvalue weighted by molar-refractivity contribution is -0.384. The third-order valence-corrected chi connectivity index (χ3v) is 5.22. The first kappa shape index (κ1) is 18.5. The van der Waals surface area contributed by atoms with Gasteiger partial charge in [-0.2, -0.15) is 0 Å². The Morgan fingerprint density at radius 1 is 0.926 bits per heavy atom. The van der Waals surface area contributed by atoms with Crippen LogP contribution in [0.2, 0.25) is 0 Å². The summed E-state index contributed by atoms with van der Waals surface area (Å²) >= 11 is 0. The molecule has 0 aromatic heterocycles. The first-order valence-electron chi connectivity index (χ1n) is 7.96. The van der Waals surface area contributed by atoms with E-state index in [2.05, 4.69) is 0 Å². The van der Waals surface area contributed by atoms with Crippen LogP contribution in [-0.2, 0) is 9.84 Å². The fourth-order valence-corrected chi connectivity index (χ4v) is 3.34. The van der Waals surface area contributed by atoms with E-state index >= 15 is 0 Å². The van der Waals surface area contributed by atoms with Crippen LogP contribution < -0.4 is 0 Å². The molecule has 0 atom stereocenters. The number of ketones is 1. The molecule has 0 heterocycles. The van der Waals surface area contributed by atoms with E-state index in [1.807, 2.05) is 0 Å². The van der Waals surface area contributed by atoms with Gasteiger partial charge in [-0.25, -0.2) is 8.42 Å². The lowest BCUT2D eigenvalue weighted by atomic mass is 9.93. The van der Waals surface area contributed by atoms with Gasteiger partial charge in [-0.05, 0) is 29.3 Å². The maximum atomic E-state index is 12.9. The number of carbonyl (C=O) groups is 1. The van der Waals surface area contributed by atoms with Crippen molar-refractivity contribution in [1.29, 1.82) is 0 Å². The largest absolute Gasteiger partial charge is 0.289 e. The van der Waals surface area contributed by atoms with Crippen LogP contribution in [0.5, 0.6) is 0 Å². The molecule has 6 nitrogen and oxygen atoms in total. The fraction of sp³-hybridized carbons (Fsp3) is 0.0500. The Kier molecular flexibility index (Phi) is 4.87. The maximum absolute atomic E-state index is 12.9. The van der Waals surface area contributed by atoms with Gasteiger partial charge >= 0.3 is 0 Å². The van der Waals surface area contributed by atoms with Gasteiger partial charge in [0.05, 0.1) is 9.82 Å². The summed E-state index contributed by atoms with van der Waals surface area (Å²) < 4.78 is 23.3. The quantitative estimate of drug-likeness (QED) is 0.379. The molecule has 3 aromatic rings. The molecule has 0 aliphatic rings. The summed E-state index contributed by atoms with van der Waals surface area (Å²) in [5.41, 5.74) is 1.49. The molecule has 0 saturated heterocycles. The Morgan fingerprint density at radius 2 is 1.56 bits per heavy atom. The molecule has 3 rings (SSSR count). The highest BCUT2D eigenvalue weighted by atomic mass is 32.2. The summed E-state index contributed by atoms with van der Waals surface area (Å²) in [7, 11) is -3.35. The van der Waals surface area contributed by atoms with Gasteiger partial charge < -0.3 is 0 Å². The second-order valence-electron chi connectivity index (χ2n) is 5.98. The molecule has 0 radical (unpaired) electrons. The zero-order valence-corrected chi connectivity index (χ0v) is 15.1. The van der Waals surface area contributed by atoms with Gasteiger partial charge in [0.1, 0.15) is 0 Å². The Balaban J connectivity index is 2.15. The van der Waals surface area contributed by atoms with E-state index in [1.54, 1.807) is 42.5 Å². The predicted molar refractivity (Wildman–Crippen MR) is 102 cm³/mol. The fourth-order valence-electron chi connectivity index (χ4n) is 2.71. The minimum atomic E-state index is -3.35. The molecule has 3 aromatic carbocycles. The van der Waals surface area contributed by atoms with Crippen molar-refractivity contribution in [3.8, 4) is 11.1 Å². The summed E-state index contributed by atoms with van der Waals surface area (Å²) in [6.45, 7) is 0. The molecule has 0 N–H and O–H groups in total. The van der Waals surface area contributed by atoms with Crippen LogP contribution in [0.3, 0.4) is 0 Å². The van der Waals surface area contributed by atoms with Gasteiger partial charge in [0.15, 0.2) is 15.6 Å². The zero-order valence-electron chi connectivity index (χ0n) is 14.3. The number of nitrogens with zero attached hydrogens (tertiary/aromatic N) is 1. The van der Waals surface area contributed by atoms with Crippen molar-refractivity contribution in [2.24, 2.45) is 0 Å². The summed E-state index contributed by atoms with van der Waals surface area (Å²) in [4.78, 5) is 23.7. The number of rotatable bonds is 5. The first-order chi connectivity index (χ1) is 12.8. The summed E-state index contributed by atoms with van der Waals surface area (Å²) in [6.07, 6.45) is 1.11. The lowest BCUT2D eigenvalue weighted by Gasteiger charge is -2.10. The highest BCUT2D eigenvalue weighted by molar-refractivity contribution is 7.90. The van der Waals surface area contributed by atoms with Crippen molar-refractivity contribution in [2.45, 2.75) is 4.90 Å². The van der Waals surface area contributed by atoms with Crippen LogP contribution in [0.4, 0.5) is 5.69 Å². The Labute approximate surface area is 156 Å². The minimum absolute atomic E-state index is 0.157. The number of sulfone groups is 1. The van der Waals surface area contributed by atoms with Crippen LogP contribution in [0.1, 0.15) is 15.9 Å². The van der Waals surface area contributed by atoms with Crippen molar-refractivity contribution in [2.75, 3.05) is 6.26 Å². The second-order valence-corrected chi connectivity index (χ2v) is 7.99. The smallest absolute Gasteiger partial charge is 0.270 e. The number of nitro groups is 1. The monoisotopic (exact) mass is 381 g/mol. The van der Waals surface area contributed by atoms with Crippen molar-refractivity contribution < 1.29 is 18.1 Å². The van der Waals surface area contributed by atoms with Gasteiger partial charge in [0, 0.05) is 29.5 Å². The summed E-state index contributed by atoms with van der Waals surface area (Å²) in [6, 6.07) is 18.6. The maximum Gasteiger partial charge on any atom is 0.270 e. The molecule has 0 saturated carbocycles. The molecular formula is C20H15NO5S. The van der Waals surface area contributed by atoms with E-state index in [-0.39, 0.29) is 21.9 Å². The molecule has 0 fully saturated rings. The molecule has 0 unspecified atom stereocenters. The van der Waals surface area contributed by atoms with Gasteiger partial charge in [-0.3, -0.25) is 14.9 Å². The highest BCUT2D eigenvalue weighted by Crippen LogP contribution is 2.30. The number of carbonyl (C=O) groups excluding carboxylic acids is 1. The van der Waals surface area contributed by atoms with E-state index in [9.17, 15) is 23.3 Å². The minimum Gasteiger partial charge on any atom is -0.289 e. The van der Waals surface area contributed by atoms with Gasteiger partial charge in [0.25, 0.3) is 5.69 Å². The van der Waals surface area contributed by atoms with Crippen LogP contribution in [-0.4, -0.2) is 25.4 Å². The Bertz CT molecular complexity index is 1120. The van der Waals surface area contributed by atoms with Gasteiger partial charge in [0.2, 0.25) is 0 Å². The van der Waals surface area contributed by atoms with Crippen LogP contribution in [0, 0.1) is 10.1 Å². The molecule has 7 heteroatoms. The lowest BCUT2D eigenvalue weighted by Crippen LogP contribution is -2.05. The number of non-ortho nitro benzene ring substituents is 1.